The first-order chi connectivity index (χ1) is 13.0. The summed E-state index contributed by atoms with van der Waals surface area (Å²) >= 11 is 0. The minimum Gasteiger partial charge on any atom is -0.857 e. The molecule has 0 unspecified atom stereocenters. The Morgan fingerprint density at radius 3 is 0.571 bits per heavy atom. The molecule has 166 valence electrons. The van der Waals surface area contributed by atoms with E-state index in [2.05, 4.69) is 0 Å². The monoisotopic (exact) mass is 481 g/mol. The van der Waals surface area contributed by atoms with Gasteiger partial charge in [0.15, 0.2) is 0 Å². The number of nitroso groups, excluding NO2 is 2. The van der Waals surface area contributed by atoms with Gasteiger partial charge in [0.05, 0.1) is 79.3 Å². The third-order valence-electron chi connectivity index (χ3n) is 2.23. The zero-order chi connectivity index (χ0) is 20.7. The molecule has 0 aromatic rings. The van der Waals surface area contributed by atoms with Crippen molar-refractivity contribution in [1.29, 1.82) is 0 Å². The first-order valence-electron chi connectivity index (χ1n) is 7.65. The number of ether oxygens (including phenoxy) is 6. The van der Waals surface area contributed by atoms with Crippen LogP contribution in [-0.2, 0) is 45.5 Å². The van der Waals surface area contributed by atoms with Crippen LogP contribution in [0.4, 0.5) is 0 Å². The quantitative estimate of drug-likeness (QED) is 0.302. The van der Waals surface area contributed by atoms with Crippen LogP contribution in [0.3, 0.4) is 0 Å². The molecule has 1 rings (SSSR count). The van der Waals surface area contributed by atoms with Crippen molar-refractivity contribution in [2.24, 2.45) is 0 Å². The summed E-state index contributed by atoms with van der Waals surface area (Å²) in [5, 5.41) is 16.5. The molecule has 0 spiro atoms. The molecule has 1 heterocycles. The van der Waals surface area contributed by atoms with Crippen LogP contribution >= 0.6 is 0 Å². The SMILES string of the molecule is C1COCCOCCOCCOCCOCCO1.C[O-].C[O-].[Fe].[K+].[N]=O.[N]=O. The van der Waals surface area contributed by atoms with E-state index in [1.165, 1.54) is 0 Å². The van der Waals surface area contributed by atoms with Gasteiger partial charge >= 0.3 is 51.4 Å². The average Bonchev–Trinajstić information content (AvgIpc) is 2.74. The molecule has 1 aliphatic rings. The van der Waals surface area contributed by atoms with Crippen molar-refractivity contribution in [3.8, 4) is 0 Å². The Balaban J connectivity index is -0.000000107. The van der Waals surface area contributed by atoms with Crippen molar-refractivity contribution in [2.75, 3.05) is 93.5 Å². The van der Waals surface area contributed by atoms with E-state index in [-0.39, 0.29) is 68.5 Å². The van der Waals surface area contributed by atoms with Gasteiger partial charge in [-0.1, -0.05) is 0 Å². The van der Waals surface area contributed by atoms with E-state index in [0.29, 0.717) is 79.3 Å². The second-order valence-corrected chi connectivity index (χ2v) is 3.67. The van der Waals surface area contributed by atoms with E-state index in [0.717, 1.165) is 14.2 Å². The number of hydrogen-bond acceptors (Lipinski definition) is 10. The molecule has 1 aliphatic heterocycles. The predicted octanol–water partition coefficient (Wildman–Crippen LogP) is -5.84. The predicted molar refractivity (Wildman–Crippen MR) is 87.8 cm³/mol. The molecule has 1 fully saturated rings. The van der Waals surface area contributed by atoms with Crippen molar-refractivity contribution in [2.45, 2.75) is 0 Å². The standard InChI is InChI=1S/C12H24O6.2CH3O.Fe.K.2NO/c1-2-14-5-6-16-9-10-18-12-11-17-8-7-15-4-3-13-1;2*1-2;;;2*1-2/h1-12H2;2*1H3;;;;/q;2*-1;;+1;;. The van der Waals surface area contributed by atoms with Gasteiger partial charge in [-0.2, -0.15) is 14.2 Å². The van der Waals surface area contributed by atoms with Crippen LogP contribution in [0.15, 0.2) is 0 Å². The van der Waals surface area contributed by atoms with E-state index in [1.807, 2.05) is 0 Å². The maximum absolute atomic E-state index is 8.25. The Labute approximate surface area is 219 Å². The molecule has 0 aromatic heterocycles. The van der Waals surface area contributed by atoms with Crippen LogP contribution in [0, 0.1) is 9.81 Å². The Kier molecular flexibility index (Phi) is 86.9. The van der Waals surface area contributed by atoms with Gasteiger partial charge in [-0.3, -0.25) is 0 Å². The molecule has 0 N–H and O–H groups in total. The summed E-state index contributed by atoms with van der Waals surface area (Å²) in [5.41, 5.74) is 11.5. The van der Waals surface area contributed by atoms with Gasteiger partial charge in [0.25, 0.3) is 0 Å². The molecule has 0 saturated carbocycles. The molecule has 12 nitrogen and oxygen atoms in total. The van der Waals surface area contributed by atoms with Crippen LogP contribution in [0.1, 0.15) is 0 Å². The van der Waals surface area contributed by atoms with E-state index in [9.17, 15) is 0 Å². The Bertz CT molecular complexity index is 142. The molecule has 0 bridgehead atoms. The fourth-order valence-electron chi connectivity index (χ4n) is 1.32. The minimum atomic E-state index is 0. The third kappa shape index (κ3) is 50.6. The van der Waals surface area contributed by atoms with Gasteiger partial charge in [-0.15, -0.1) is 9.81 Å². The van der Waals surface area contributed by atoms with Gasteiger partial charge in [0.2, 0.25) is 0 Å². The zero-order valence-corrected chi connectivity index (χ0v) is 21.0. The fourth-order valence-corrected chi connectivity index (χ4v) is 1.32. The fraction of sp³-hybridized carbons (Fsp3) is 1.00. The normalized spacial score (nSPS) is 16.1. The van der Waals surface area contributed by atoms with Gasteiger partial charge < -0.3 is 38.6 Å². The maximum atomic E-state index is 8.25. The molecule has 0 amide bonds. The van der Waals surface area contributed by atoms with Crippen molar-refractivity contribution >= 4 is 0 Å². The summed E-state index contributed by atoms with van der Waals surface area (Å²) in [5.74, 6) is 0. The van der Waals surface area contributed by atoms with E-state index < -0.39 is 0 Å². The second-order valence-electron chi connectivity index (χ2n) is 3.67. The topological polar surface area (TPSA) is 180 Å². The Morgan fingerprint density at radius 2 is 0.500 bits per heavy atom. The molecule has 0 aromatic carbocycles. The number of rotatable bonds is 0. The minimum absolute atomic E-state index is 0. The van der Waals surface area contributed by atoms with Crippen LogP contribution in [0.2, 0.25) is 0 Å². The summed E-state index contributed by atoms with van der Waals surface area (Å²) in [6.45, 7) is 7.04. The molecule has 0 aliphatic carbocycles. The molecule has 0 atom stereocenters. The van der Waals surface area contributed by atoms with E-state index in [4.69, 9.17) is 59.6 Å². The number of nitrogens with zero attached hydrogens (tertiary/aromatic N) is 2. The van der Waals surface area contributed by atoms with E-state index in [1.54, 1.807) is 0 Å². The van der Waals surface area contributed by atoms with Gasteiger partial charge in [0, 0.05) is 17.1 Å². The van der Waals surface area contributed by atoms with Crippen molar-refractivity contribution in [3.05, 3.63) is 9.81 Å². The molecular weight excluding hydrogens is 451 g/mol. The van der Waals surface area contributed by atoms with E-state index >= 15 is 0 Å². The zero-order valence-electron chi connectivity index (χ0n) is 16.8. The second kappa shape index (κ2) is 56.6. The van der Waals surface area contributed by atoms with Crippen LogP contribution < -0.4 is 72.8 Å². The van der Waals surface area contributed by atoms with Crippen LogP contribution in [-0.4, -0.2) is 93.5 Å². The molecular formula is C14H30FeKN2O10-. The largest absolute Gasteiger partial charge is 1.00 e. The Morgan fingerprint density at radius 1 is 0.429 bits per heavy atom. The van der Waals surface area contributed by atoms with Crippen molar-refractivity contribution in [1.82, 2.24) is 11.2 Å². The first kappa shape index (κ1) is 43.0. The summed E-state index contributed by atoms with van der Waals surface area (Å²) in [4.78, 5) is 14.5. The van der Waals surface area contributed by atoms with Gasteiger partial charge in [-0.25, -0.2) is 0 Å². The molecule has 2 radical (unpaired) electrons. The van der Waals surface area contributed by atoms with Crippen molar-refractivity contribution < 1.29 is 107 Å². The maximum Gasteiger partial charge on any atom is 1.00 e. The molecule has 14 heteroatoms. The van der Waals surface area contributed by atoms with Gasteiger partial charge in [-0.05, 0) is 0 Å². The number of hydrogen-bond donors (Lipinski definition) is 0. The third-order valence-corrected chi connectivity index (χ3v) is 2.23. The van der Waals surface area contributed by atoms with Gasteiger partial charge in [0.1, 0.15) is 11.2 Å². The van der Waals surface area contributed by atoms with Crippen LogP contribution in [0.5, 0.6) is 0 Å². The smallest absolute Gasteiger partial charge is 0.857 e. The van der Waals surface area contributed by atoms with Crippen LogP contribution in [0.25, 0.3) is 0 Å². The summed E-state index contributed by atoms with van der Waals surface area (Å²) in [7, 11) is 1.50. The summed E-state index contributed by atoms with van der Waals surface area (Å²) < 4.78 is 32.0. The molecule has 1 saturated heterocycles. The average molecular weight is 481 g/mol. The summed E-state index contributed by atoms with van der Waals surface area (Å²) in [6.07, 6.45) is 0. The first-order valence-corrected chi connectivity index (χ1v) is 7.65. The molecule has 28 heavy (non-hydrogen) atoms. The van der Waals surface area contributed by atoms with Crippen molar-refractivity contribution in [3.63, 3.8) is 0 Å². The summed E-state index contributed by atoms with van der Waals surface area (Å²) in [6, 6.07) is 0. The Hall–Kier alpha value is 1.04.